The molecule has 0 radical (unpaired) electrons. The second kappa shape index (κ2) is 7.86. The van der Waals surface area contributed by atoms with E-state index >= 15 is 0 Å². The summed E-state index contributed by atoms with van der Waals surface area (Å²) in [6.07, 6.45) is -2.58. The van der Waals surface area contributed by atoms with E-state index in [4.69, 9.17) is 9.47 Å². The van der Waals surface area contributed by atoms with E-state index in [-0.39, 0.29) is 35.7 Å². The van der Waals surface area contributed by atoms with Gasteiger partial charge in [-0.15, -0.1) is 0 Å². The van der Waals surface area contributed by atoms with Crippen molar-refractivity contribution in [2.75, 3.05) is 0 Å². The summed E-state index contributed by atoms with van der Waals surface area (Å²) >= 11 is 0. The van der Waals surface area contributed by atoms with Crippen LogP contribution in [0.3, 0.4) is 0 Å². The fraction of sp³-hybridized carbons (Fsp3) is 0.278. The Labute approximate surface area is 138 Å². The Morgan fingerprint density at radius 2 is 1.92 bits per heavy atom. The van der Waals surface area contributed by atoms with Crippen LogP contribution in [0.5, 0.6) is 11.5 Å². The molecule has 3 nitrogen and oxygen atoms in total. The Morgan fingerprint density at radius 3 is 2.58 bits per heavy atom. The molecule has 0 heterocycles. The van der Waals surface area contributed by atoms with Crippen LogP contribution >= 0.6 is 0 Å². The molecular weight excluding hydrogens is 321 g/mol. The molecule has 0 unspecified atom stereocenters. The smallest absolute Gasteiger partial charge is 0.310 e. The normalized spacial score (nSPS) is 10.8. The number of rotatable bonds is 6. The van der Waals surface area contributed by atoms with Gasteiger partial charge < -0.3 is 9.47 Å². The van der Waals surface area contributed by atoms with E-state index in [0.717, 1.165) is 0 Å². The van der Waals surface area contributed by atoms with Gasteiger partial charge in [-0.3, -0.25) is 4.79 Å². The van der Waals surface area contributed by atoms with E-state index in [2.05, 4.69) is 0 Å². The van der Waals surface area contributed by atoms with Crippen LogP contribution in [0.4, 0.5) is 13.2 Å². The second-order valence-corrected chi connectivity index (χ2v) is 5.17. The van der Waals surface area contributed by atoms with Gasteiger partial charge in [0.25, 0.3) is 6.43 Å². The summed E-state index contributed by atoms with van der Waals surface area (Å²) in [6.45, 7) is 2.97. The SMILES string of the molecule is CCC(=O)Oc1cccc(F)c1COc1ccc(C)cc1C(F)F. The van der Waals surface area contributed by atoms with Gasteiger partial charge in [-0.05, 0) is 31.2 Å². The quantitative estimate of drug-likeness (QED) is 0.551. The molecule has 0 aliphatic carbocycles. The lowest BCUT2D eigenvalue weighted by atomic mass is 10.1. The summed E-state index contributed by atoms with van der Waals surface area (Å²) in [5.41, 5.74) is 0.402. The first-order chi connectivity index (χ1) is 11.4. The minimum atomic E-state index is -2.71. The molecule has 0 N–H and O–H groups in total. The van der Waals surface area contributed by atoms with Crippen molar-refractivity contribution < 1.29 is 27.4 Å². The number of hydrogen-bond donors (Lipinski definition) is 0. The van der Waals surface area contributed by atoms with Gasteiger partial charge in [-0.2, -0.15) is 0 Å². The van der Waals surface area contributed by atoms with E-state index in [1.807, 2.05) is 0 Å². The van der Waals surface area contributed by atoms with Crippen molar-refractivity contribution in [3.8, 4) is 11.5 Å². The van der Waals surface area contributed by atoms with Crippen LogP contribution in [-0.2, 0) is 11.4 Å². The Morgan fingerprint density at radius 1 is 1.17 bits per heavy atom. The lowest BCUT2D eigenvalue weighted by Gasteiger charge is -2.14. The molecule has 0 spiro atoms. The maximum absolute atomic E-state index is 14.0. The number of hydrogen-bond acceptors (Lipinski definition) is 3. The molecule has 0 saturated heterocycles. The third-order valence-electron chi connectivity index (χ3n) is 3.36. The number of aryl methyl sites for hydroxylation is 1. The van der Waals surface area contributed by atoms with Crippen LogP contribution in [0.1, 0.15) is 36.5 Å². The van der Waals surface area contributed by atoms with Gasteiger partial charge in [-0.1, -0.05) is 24.6 Å². The van der Waals surface area contributed by atoms with Crippen molar-refractivity contribution in [3.63, 3.8) is 0 Å². The van der Waals surface area contributed by atoms with Gasteiger partial charge in [0.05, 0.1) is 11.1 Å². The average Bonchev–Trinajstić information content (AvgIpc) is 2.55. The Kier molecular flexibility index (Phi) is 5.84. The zero-order valence-electron chi connectivity index (χ0n) is 13.3. The van der Waals surface area contributed by atoms with Crippen molar-refractivity contribution in [3.05, 3.63) is 58.9 Å². The number of ether oxygens (including phenoxy) is 2. The highest BCUT2D eigenvalue weighted by Crippen LogP contribution is 2.31. The predicted molar refractivity (Wildman–Crippen MR) is 82.8 cm³/mol. The topological polar surface area (TPSA) is 35.5 Å². The molecule has 0 saturated carbocycles. The Hall–Kier alpha value is -2.50. The van der Waals surface area contributed by atoms with Crippen molar-refractivity contribution in [2.24, 2.45) is 0 Å². The van der Waals surface area contributed by atoms with Crippen LogP contribution in [0, 0.1) is 12.7 Å². The highest BCUT2D eigenvalue weighted by molar-refractivity contribution is 5.72. The summed E-state index contributed by atoms with van der Waals surface area (Å²) in [4.78, 5) is 11.4. The van der Waals surface area contributed by atoms with Crippen molar-refractivity contribution in [2.45, 2.75) is 33.3 Å². The second-order valence-electron chi connectivity index (χ2n) is 5.17. The standard InChI is InChI=1S/C18H17F3O3/c1-3-17(22)24-16-6-4-5-14(19)13(16)10-23-15-8-7-11(2)9-12(15)18(20)21/h4-9,18H,3,10H2,1-2H3. The van der Waals surface area contributed by atoms with E-state index in [1.165, 1.54) is 30.3 Å². The minimum Gasteiger partial charge on any atom is -0.488 e. The van der Waals surface area contributed by atoms with Gasteiger partial charge in [-0.25, -0.2) is 13.2 Å². The van der Waals surface area contributed by atoms with Crippen molar-refractivity contribution in [1.82, 2.24) is 0 Å². The predicted octanol–water partition coefficient (Wildman–Crippen LogP) is 4.97. The lowest BCUT2D eigenvalue weighted by molar-refractivity contribution is -0.134. The number of alkyl halides is 2. The maximum atomic E-state index is 14.0. The molecule has 0 bridgehead atoms. The number of benzene rings is 2. The van der Waals surface area contributed by atoms with Gasteiger partial charge in [0.15, 0.2) is 0 Å². The van der Waals surface area contributed by atoms with Gasteiger partial charge in [0.2, 0.25) is 0 Å². The van der Waals surface area contributed by atoms with Gasteiger partial charge in [0.1, 0.15) is 23.9 Å². The summed E-state index contributed by atoms with van der Waals surface area (Å²) in [7, 11) is 0. The molecule has 0 fully saturated rings. The van der Waals surface area contributed by atoms with E-state index in [9.17, 15) is 18.0 Å². The van der Waals surface area contributed by atoms with Crippen LogP contribution in [0.15, 0.2) is 36.4 Å². The molecule has 6 heteroatoms. The fourth-order valence-corrected chi connectivity index (χ4v) is 2.09. The number of carbonyl (C=O) groups is 1. The van der Waals surface area contributed by atoms with Crippen molar-refractivity contribution >= 4 is 5.97 Å². The molecule has 0 aromatic heterocycles. The summed E-state index contributed by atoms with van der Waals surface area (Å²) in [5.74, 6) is -1.17. The molecule has 2 aromatic rings. The zero-order valence-corrected chi connectivity index (χ0v) is 13.3. The molecule has 0 atom stereocenters. The fourth-order valence-electron chi connectivity index (χ4n) is 2.09. The highest BCUT2D eigenvalue weighted by Gasteiger charge is 2.17. The van der Waals surface area contributed by atoms with Crippen LogP contribution < -0.4 is 9.47 Å². The van der Waals surface area contributed by atoms with E-state index < -0.39 is 18.2 Å². The highest BCUT2D eigenvalue weighted by atomic mass is 19.3. The molecular formula is C18H17F3O3. The molecule has 128 valence electrons. The number of carbonyl (C=O) groups excluding carboxylic acids is 1. The maximum Gasteiger partial charge on any atom is 0.310 e. The summed E-state index contributed by atoms with van der Waals surface area (Å²) in [5, 5.41) is 0. The molecule has 0 aliphatic heterocycles. The van der Waals surface area contributed by atoms with Crippen LogP contribution in [-0.4, -0.2) is 5.97 Å². The van der Waals surface area contributed by atoms with E-state index in [0.29, 0.717) is 5.56 Å². The van der Waals surface area contributed by atoms with Crippen molar-refractivity contribution in [1.29, 1.82) is 0 Å². The van der Waals surface area contributed by atoms with Gasteiger partial charge in [0, 0.05) is 6.42 Å². The first kappa shape index (κ1) is 17.8. The first-order valence-electron chi connectivity index (χ1n) is 7.42. The molecule has 2 rings (SSSR count). The number of esters is 1. The number of halogens is 3. The largest absolute Gasteiger partial charge is 0.488 e. The first-order valence-corrected chi connectivity index (χ1v) is 7.42. The third-order valence-corrected chi connectivity index (χ3v) is 3.36. The third kappa shape index (κ3) is 4.28. The molecule has 0 amide bonds. The average molecular weight is 338 g/mol. The Bertz CT molecular complexity index is 729. The van der Waals surface area contributed by atoms with Gasteiger partial charge >= 0.3 is 5.97 Å². The zero-order chi connectivity index (χ0) is 17.7. The molecule has 24 heavy (non-hydrogen) atoms. The summed E-state index contributed by atoms with van der Waals surface area (Å²) < 4.78 is 50.6. The van der Waals surface area contributed by atoms with Crippen LogP contribution in [0.2, 0.25) is 0 Å². The lowest BCUT2D eigenvalue weighted by Crippen LogP contribution is -2.10. The summed E-state index contributed by atoms with van der Waals surface area (Å²) in [6, 6.07) is 8.37. The minimum absolute atomic E-state index is 0.0000846. The Balaban J connectivity index is 2.25. The van der Waals surface area contributed by atoms with Crippen LogP contribution in [0.25, 0.3) is 0 Å². The monoisotopic (exact) mass is 338 g/mol. The molecule has 2 aromatic carbocycles. The van der Waals surface area contributed by atoms with E-state index in [1.54, 1.807) is 19.9 Å². The molecule has 0 aliphatic rings.